The van der Waals surface area contributed by atoms with Crippen molar-refractivity contribution in [1.29, 1.82) is 0 Å². The van der Waals surface area contributed by atoms with Gasteiger partial charge in [0.2, 0.25) is 0 Å². The van der Waals surface area contributed by atoms with E-state index in [1.807, 2.05) is 0 Å². The van der Waals surface area contributed by atoms with Gasteiger partial charge in [0.1, 0.15) is 5.75 Å². The van der Waals surface area contributed by atoms with Crippen molar-refractivity contribution in [1.82, 2.24) is 0 Å². The van der Waals surface area contributed by atoms with E-state index in [4.69, 9.17) is 16.3 Å². The molecule has 0 aliphatic heterocycles. The predicted molar refractivity (Wildman–Crippen MR) is 71.6 cm³/mol. The molecule has 0 spiro atoms. The van der Waals surface area contributed by atoms with E-state index in [0.29, 0.717) is 6.10 Å². The van der Waals surface area contributed by atoms with Crippen LogP contribution < -0.4 is 4.74 Å². The second-order valence-corrected chi connectivity index (χ2v) is 5.50. The van der Waals surface area contributed by atoms with Crippen LogP contribution in [0.5, 0.6) is 5.75 Å². The van der Waals surface area contributed by atoms with Gasteiger partial charge in [0.25, 0.3) is 0 Å². The molecule has 1 saturated carbocycles. The Morgan fingerprint density at radius 1 is 1.06 bits per heavy atom. The predicted octanol–water partition coefficient (Wildman–Crippen LogP) is 4.40. The maximum atomic E-state index is 6.17. The molecule has 0 aromatic heterocycles. The SMILES string of the molecule is ClC1C=C(c2ccc(OC3CC3)cc2)CCC1. The molecule has 0 amide bonds. The summed E-state index contributed by atoms with van der Waals surface area (Å²) in [6.45, 7) is 0. The van der Waals surface area contributed by atoms with E-state index in [9.17, 15) is 0 Å². The summed E-state index contributed by atoms with van der Waals surface area (Å²) >= 11 is 6.17. The summed E-state index contributed by atoms with van der Waals surface area (Å²) in [7, 11) is 0. The van der Waals surface area contributed by atoms with Crippen molar-refractivity contribution in [2.24, 2.45) is 0 Å². The van der Waals surface area contributed by atoms with E-state index in [2.05, 4.69) is 30.3 Å². The van der Waals surface area contributed by atoms with Gasteiger partial charge in [0, 0.05) is 0 Å². The second-order valence-electron chi connectivity index (χ2n) is 4.94. The third kappa shape index (κ3) is 2.84. The molecule has 0 saturated heterocycles. The van der Waals surface area contributed by atoms with Crippen LogP contribution in [-0.4, -0.2) is 11.5 Å². The van der Waals surface area contributed by atoms with E-state index in [1.165, 1.54) is 30.4 Å². The van der Waals surface area contributed by atoms with E-state index >= 15 is 0 Å². The van der Waals surface area contributed by atoms with Crippen LogP contribution in [0, 0.1) is 0 Å². The van der Waals surface area contributed by atoms with Crippen LogP contribution in [0.3, 0.4) is 0 Å². The van der Waals surface area contributed by atoms with Gasteiger partial charge < -0.3 is 4.74 Å². The van der Waals surface area contributed by atoms with Crippen molar-refractivity contribution in [3.8, 4) is 5.75 Å². The highest BCUT2D eigenvalue weighted by Crippen LogP contribution is 2.31. The Morgan fingerprint density at radius 3 is 2.47 bits per heavy atom. The molecule has 0 bridgehead atoms. The number of ether oxygens (including phenoxy) is 1. The first kappa shape index (κ1) is 11.2. The minimum Gasteiger partial charge on any atom is -0.490 e. The van der Waals surface area contributed by atoms with Crippen molar-refractivity contribution in [2.75, 3.05) is 0 Å². The Balaban J connectivity index is 1.74. The van der Waals surface area contributed by atoms with Crippen LogP contribution in [0.4, 0.5) is 0 Å². The van der Waals surface area contributed by atoms with Crippen molar-refractivity contribution >= 4 is 17.2 Å². The summed E-state index contributed by atoms with van der Waals surface area (Å²) in [5.41, 5.74) is 2.67. The molecule has 17 heavy (non-hydrogen) atoms. The summed E-state index contributed by atoms with van der Waals surface area (Å²) in [6, 6.07) is 8.45. The van der Waals surface area contributed by atoms with Gasteiger partial charge >= 0.3 is 0 Å². The number of benzene rings is 1. The van der Waals surface area contributed by atoms with Crippen LogP contribution in [0.15, 0.2) is 30.3 Å². The summed E-state index contributed by atoms with van der Waals surface area (Å²) in [4.78, 5) is 0. The van der Waals surface area contributed by atoms with Gasteiger partial charge in [-0.2, -0.15) is 0 Å². The molecule has 0 radical (unpaired) electrons. The number of hydrogen-bond donors (Lipinski definition) is 0. The molecular weight excluding hydrogens is 232 g/mol. The Kier molecular flexibility index (Phi) is 3.11. The van der Waals surface area contributed by atoms with Gasteiger partial charge in [-0.15, -0.1) is 11.6 Å². The van der Waals surface area contributed by atoms with Crippen LogP contribution in [0.2, 0.25) is 0 Å². The lowest BCUT2D eigenvalue weighted by Gasteiger charge is -2.17. The molecular formula is C15H17ClO. The summed E-state index contributed by atoms with van der Waals surface area (Å²) in [5, 5.41) is 0.209. The summed E-state index contributed by atoms with van der Waals surface area (Å²) in [5.74, 6) is 0.995. The molecule has 1 aromatic carbocycles. The van der Waals surface area contributed by atoms with Gasteiger partial charge in [0.15, 0.2) is 0 Å². The normalized spacial score (nSPS) is 24.3. The van der Waals surface area contributed by atoms with Gasteiger partial charge in [0.05, 0.1) is 11.5 Å². The quantitative estimate of drug-likeness (QED) is 0.721. The monoisotopic (exact) mass is 248 g/mol. The maximum absolute atomic E-state index is 6.17. The number of alkyl halides is 1. The average Bonchev–Trinajstić information content (AvgIpc) is 3.14. The van der Waals surface area contributed by atoms with Crippen molar-refractivity contribution < 1.29 is 4.74 Å². The van der Waals surface area contributed by atoms with E-state index in [-0.39, 0.29) is 5.38 Å². The molecule has 1 atom stereocenters. The van der Waals surface area contributed by atoms with Gasteiger partial charge in [-0.25, -0.2) is 0 Å². The van der Waals surface area contributed by atoms with Crippen LogP contribution in [-0.2, 0) is 0 Å². The molecule has 1 unspecified atom stereocenters. The van der Waals surface area contributed by atoms with Crippen molar-refractivity contribution in [3.63, 3.8) is 0 Å². The molecule has 0 N–H and O–H groups in total. The summed E-state index contributed by atoms with van der Waals surface area (Å²) in [6.07, 6.45) is 8.53. The first-order chi connectivity index (χ1) is 8.31. The highest BCUT2D eigenvalue weighted by Gasteiger charge is 2.23. The number of allylic oxidation sites excluding steroid dienone is 2. The Hall–Kier alpha value is -0.950. The van der Waals surface area contributed by atoms with Crippen molar-refractivity contribution in [3.05, 3.63) is 35.9 Å². The third-order valence-electron chi connectivity index (χ3n) is 3.36. The molecule has 2 aliphatic rings. The molecule has 1 aromatic rings. The standard InChI is InChI=1S/C15H17ClO/c16-13-3-1-2-12(10-13)11-4-6-14(7-5-11)17-15-8-9-15/h4-7,10,13,15H,1-3,8-9H2. The highest BCUT2D eigenvalue weighted by atomic mass is 35.5. The molecule has 1 nitrogen and oxygen atoms in total. The average molecular weight is 249 g/mol. The van der Waals surface area contributed by atoms with Gasteiger partial charge in [-0.3, -0.25) is 0 Å². The number of hydrogen-bond acceptors (Lipinski definition) is 1. The lowest BCUT2D eigenvalue weighted by Crippen LogP contribution is -2.02. The highest BCUT2D eigenvalue weighted by molar-refractivity contribution is 6.22. The first-order valence-corrected chi connectivity index (χ1v) is 6.87. The third-order valence-corrected chi connectivity index (χ3v) is 3.70. The Labute approximate surface area is 107 Å². The second kappa shape index (κ2) is 4.73. The Bertz CT molecular complexity index is 417. The van der Waals surface area contributed by atoms with Gasteiger partial charge in [-0.1, -0.05) is 18.2 Å². The van der Waals surface area contributed by atoms with E-state index in [0.717, 1.165) is 18.6 Å². The van der Waals surface area contributed by atoms with E-state index in [1.54, 1.807) is 0 Å². The summed E-state index contributed by atoms with van der Waals surface area (Å²) < 4.78 is 5.74. The fourth-order valence-electron chi connectivity index (χ4n) is 2.24. The molecule has 0 heterocycles. The zero-order valence-corrected chi connectivity index (χ0v) is 10.6. The molecule has 90 valence electrons. The Morgan fingerprint density at radius 2 is 1.82 bits per heavy atom. The number of rotatable bonds is 3. The molecule has 3 rings (SSSR count). The van der Waals surface area contributed by atoms with Gasteiger partial charge in [-0.05, 0) is 55.4 Å². The van der Waals surface area contributed by atoms with Crippen LogP contribution in [0.25, 0.3) is 5.57 Å². The minimum absolute atomic E-state index is 0.209. The molecule has 2 heteroatoms. The minimum atomic E-state index is 0.209. The van der Waals surface area contributed by atoms with E-state index < -0.39 is 0 Å². The lowest BCUT2D eigenvalue weighted by molar-refractivity contribution is 0.303. The molecule has 1 fully saturated rings. The lowest BCUT2D eigenvalue weighted by atomic mass is 9.93. The smallest absolute Gasteiger partial charge is 0.119 e. The number of halogens is 1. The fourth-order valence-corrected chi connectivity index (χ4v) is 2.55. The topological polar surface area (TPSA) is 9.23 Å². The zero-order chi connectivity index (χ0) is 11.7. The van der Waals surface area contributed by atoms with Crippen LogP contribution in [0.1, 0.15) is 37.7 Å². The zero-order valence-electron chi connectivity index (χ0n) is 9.86. The first-order valence-electron chi connectivity index (χ1n) is 6.43. The maximum Gasteiger partial charge on any atom is 0.119 e. The van der Waals surface area contributed by atoms with Crippen molar-refractivity contribution in [2.45, 2.75) is 43.6 Å². The fraction of sp³-hybridized carbons (Fsp3) is 0.467. The van der Waals surface area contributed by atoms with Crippen LogP contribution >= 0.6 is 11.6 Å². The largest absolute Gasteiger partial charge is 0.490 e. The molecule has 2 aliphatic carbocycles.